The monoisotopic (exact) mass is 433 g/mol. The fourth-order valence-electron chi connectivity index (χ4n) is 5.55. The molecule has 32 heavy (non-hydrogen) atoms. The van der Waals surface area contributed by atoms with Crippen LogP contribution in [-0.2, 0) is 6.42 Å². The van der Waals surface area contributed by atoms with E-state index < -0.39 is 6.55 Å². The zero-order chi connectivity index (χ0) is 22.0. The number of hydrogen-bond donors (Lipinski definition) is 0. The Labute approximate surface area is 185 Å². The third-order valence-electron chi connectivity index (χ3n) is 7.37. The molecular weight excluding hydrogens is 408 g/mol. The summed E-state index contributed by atoms with van der Waals surface area (Å²) in [6.45, 7) is 0.671. The summed E-state index contributed by atoms with van der Waals surface area (Å²) in [5.74, 6) is 0.958. The first-order valence-corrected chi connectivity index (χ1v) is 11.1. The first-order chi connectivity index (χ1) is 15.4. The second-order valence-corrected chi connectivity index (χ2v) is 9.34. The van der Waals surface area contributed by atoms with E-state index in [2.05, 4.69) is 29.9 Å². The molecule has 6 rings (SSSR count). The lowest BCUT2D eigenvalue weighted by molar-refractivity contribution is 0.00205. The summed E-state index contributed by atoms with van der Waals surface area (Å²) in [5, 5.41) is 1.54. The molecule has 4 nitrogen and oxygen atoms in total. The fourth-order valence-corrected chi connectivity index (χ4v) is 5.55. The predicted molar refractivity (Wildman–Crippen MR) is 122 cm³/mol. The van der Waals surface area contributed by atoms with Crippen molar-refractivity contribution in [1.29, 1.82) is 0 Å². The topological polar surface area (TPSA) is 30.3 Å². The van der Waals surface area contributed by atoms with Crippen LogP contribution in [0.15, 0.2) is 54.9 Å². The van der Waals surface area contributed by atoms with Gasteiger partial charge in [0, 0.05) is 55.0 Å². The number of rotatable bonds is 2. The van der Waals surface area contributed by atoms with E-state index >= 15 is 0 Å². The van der Waals surface area contributed by atoms with Crippen LogP contribution in [0.3, 0.4) is 0 Å². The van der Waals surface area contributed by atoms with Crippen LogP contribution in [0.25, 0.3) is 32.9 Å². The van der Waals surface area contributed by atoms with Crippen molar-refractivity contribution < 1.29 is 13.5 Å². The smallest absolute Gasteiger partial charge is 0.319 e. The van der Waals surface area contributed by atoms with E-state index in [-0.39, 0.29) is 5.60 Å². The Bertz CT molecular complexity index is 1350. The molecule has 4 aromatic rings. The molecule has 2 aliphatic heterocycles. The van der Waals surface area contributed by atoms with Gasteiger partial charge in [-0.25, -0.2) is 0 Å². The summed E-state index contributed by atoms with van der Waals surface area (Å²) in [6.07, 6.45) is 6.15. The van der Waals surface area contributed by atoms with Gasteiger partial charge in [0.05, 0.1) is 11.0 Å². The second-order valence-electron chi connectivity index (χ2n) is 9.34. The van der Waals surface area contributed by atoms with Crippen molar-refractivity contribution >= 4 is 21.8 Å². The van der Waals surface area contributed by atoms with Crippen molar-refractivity contribution in [3.8, 4) is 16.9 Å². The van der Waals surface area contributed by atoms with Gasteiger partial charge in [-0.3, -0.25) is 9.55 Å². The molecule has 2 aliphatic rings. The van der Waals surface area contributed by atoms with E-state index in [9.17, 15) is 8.78 Å². The Morgan fingerprint density at radius 2 is 1.88 bits per heavy atom. The van der Waals surface area contributed by atoms with Gasteiger partial charge in [-0.2, -0.15) is 8.78 Å². The third kappa shape index (κ3) is 2.93. The molecule has 2 aromatic carbocycles. The molecular formula is C26H25F2N3O. The van der Waals surface area contributed by atoms with Crippen LogP contribution >= 0.6 is 0 Å². The van der Waals surface area contributed by atoms with Gasteiger partial charge < -0.3 is 9.64 Å². The largest absolute Gasteiger partial charge is 0.487 e. The lowest BCUT2D eigenvalue weighted by Gasteiger charge is -2.41. The summed E-state index contributed by atoms with van der Waals surface area (Å²) in [5.41, 5.74) is 4.07. The van der Waals surface area contributed by atoms with Crippen LogP contribution in [0.2, 0.25) is 0 Å². The van der Waals surface area contributed by atoms with Gasteiger partial charge in [0.15, 0.2) is 0 Å². The van der Waals surface area contributed by atoms with Crippen molar-refractivity contribution in [2.75, 3.05) is 13.6 Å². The van der Waals surface area contributed by atoms with E-state index in [1.807, 2.05) is 30.3 Å². The third-order valence-corrected chi connectivity index (χ3v) is 7.37. The zero-order valence-electron chi connectivity index (χ0n) is 18.2. The van der Waals surface area contributed by atoms with Crippen molar-refractivity contribution in [2.24, 2.45) is 0 Å². The SMILES string of the molecule is CC1CC2(CCN1C)Cc1cc(-c3ccc4c5cnccc5n(C(F)F)c4c3)ccc1O2. The summed E-state index contributed by atoms with van der Waals surface area (Å²) in [6, 6.07) is 14.2. The normalized spacial score (nSPS) is 23.3. The maximum atomic E-state index is 14.0. The molecule has 1 saturated heterocycles. The minimum atomic E-state index is -2.62. The molecule has 1 fully saturated rings. The minimum absolute atomic E-state index is 0.119. The van der Waals surface area contributed by atoms with Crippen molar-refractivity contribution in [2.45, 2.75) is 44.4 Å². The lowest BCUT2D eigenvalue weighted by Crippen LogP contribution is -2.50. The summed E-state index contributed by atoms with van der Waals surface area (Å²) in [7, 11) is 2.17. The standard InChI is InChI=1S/C26H25F2N3O/c1-16-13-26(8-10-30(16)2)14-19-11-17(4-6-24(19)32-26)18-3-5-20-21-15-29-9-7-22(21)31(25(27)28)23(20)12-18/h3-7,9,11-12,15-16,25H,8,10,13-14H2,1-2H3. The number of halogens is 2. The quantitative estimate of drug-likeness (QED) is 0.386. The van der Waals surface area contributed by atoms with E-state index in [1.54, 1.807) is 18.5 Å². The molecule has 0 amide bonds. The van der Waals surface area contributed by atoms with Crippen molar-refractivity contribution in [1.82, 2.24) is 14.5 Å². The maximum Gasteiger partial charge on any atom is 0.319 e. The highest BCUT2D eigenvalue weighted by Crippen LogP contribution is 2.44. The molecule has 0 bridgehead atoms. The van der Waals surface area contributed by atoms with Crippen LogP contribution in [0.1, 0.15) is 31.9 Å². The molecule has 0 N–H and O–H groups in total. The van der Waals surface area contributed by atoms with Gasteiger partial charge in [0.2, 0.25) is 0 Å². The molecule has 2 unspecified atom stereocenters. The van der Waals surface area contributed by atoms with Crippen molar-refractivity contribution in [3.63, 3.8) is 0 Å². The van der Waals surface area contributed by atoms with Gasteiger partial charge in [-0.05, 0) is 54.9 Å². The molecule has 0 aliphatic carbocycles. The molecule has 6 heteroatoms. The lowest BCUT2D eigenvalue weighted by atomic mass is 9.83. The average molecular weight is 434 g/mol. The Morgan fingerprint density at radius 1 is 1.06 bits per heavy atom. The number of fused-ring (bicyclic) bond motifs is 4. The van der Waals surface area contributed by atoms with Gasteiger partial charge in [-0.1, -0.05) is 18.2 Å². The van der Waals surface area contributed by atoms with Crippen molar-refractivity contribution in [3.05, 3.63) is 60.4 Å². The van der Waals surface area contributed by atoms with Crippen LogP contribution in [-0.4, -0.2) is 39.7 Å². The van der Waals surface area contributed by atoms with Gasteiger partial charge in [0.25, 0.3) is 0 Å². The maximum absolute atomic E-state index is 14.0. The number of nitrogens with zero attached hydrogens (tertiary/aromatic N) is 3. The first-order valence-electron chi connectivity index (χ1n) is 11.1. The Kier molecular flexibility index (Phi) is 4.31. The van der Waals surface area contributed by atoms with Crippen LogP contribution in [0, 0.1) is 0 Å². The first kappa shape index (κ1) is 19.7. The summed E-state index contributed by atoms with van der Waals surface area (Å²) in [4.78, 5) is 6.52. The van der Waals surface area contributed by atoms with Crippen LogP contribution < -0.4 is 4.74 Å². The molecule has 1 spiro atoms. The fraction of sp³-hybridized carbons (Fsp3) is 0.346. The number of hydrogen-bond acceptors (Lipinski definition) is 3. The number of aromatic nitrogens is 2. The molecule has 0 saturated carbocycles. The average Bonchev–Trinajstić information content (AvgIpc) is 3.30. The molecule has 4 heterocycles. The Hall–Kier alpha value is -2.99. The second kappa shape index (κ2) is 7.01. The summed E-state index contributed by atoms with van der Waals surface area (Å²) < 4.78 is 35.5. The van der Waals surface area contributed by atoms with E-state index in [4.69, 9.17) is 4.74 Å². The number of pyridine rings is 1. The van der Waals surface area contributed by atoms with Gasteiger partial charge in [-0.15, -0.1) is 0 Å². The number of alkyl halides is 2. The number of benzene rings is 2. The number of likely N-dealkylation sites (tertiary alicyclic amines) is 1. The Morgan fingerprint density at radius 3 is 2.69 bits per heavy atom. The predicted octanol–water partition coefficient (Wildman–Crippen LogP) is 6.04. The molecule has 164 valence electrons. The van der Waals surface area contributed by atoms with Crippen LogP contribution in [0.4, 0.5) is 8.78 Å². The highest BCUT2D eigenvalue weighted by atomic mass is 19.3. The minimum Gasteiger partial charge on any atom is -0.487 e. The van der Waals surface area contributed by atoms with E-state index in [0.717, 1.165) is 58.0 Å². The Balaban J connectivity index is 1.40. The van der Waals surface area contributed by atoms with E-state index in [0.29, 0.717) is 17.1 Å². The van der Waals surface area contributed by atoms with Gasteiger partial charge in [0.1, 0.15) is 11.4 Å². The number of piperidine rings is 1. The highest BCUT2D eigenvalue weighted by molar-refractivity contribution is 6.08. The summed E-state index contributed by atoms with van der Waals surface area (Å²) >= 11 is 0. The molecule has 2 aromatic heterocycles. The zero-order valence-corrected chi connectivity index (χ0v) is 18.2. The van der Waals surface area contributed by atoms with Crippen LogP contribution in [0.5, 0.6) is 5.75 Å². The van der Waals surface area contributed by atoms with Gasteiger partial charge >= 0.3 is 6.55 Å². The molecule has 2 atom stereocenters. The molecule has 0 radical (unpaired) electrons. The van der Waals surface area contributed by atoms with E-state index in [1.165, 1.54) is 5.56 Å². The number of ether oxygens (including phenoxy) is 1. The highest BCUT2D eigenvalue weighted by Gasteiger charge is 2.43.